The molecule has 0 radical (unpaired) electrons. The number of aryl methyl sites for hydroxylation is 1. The van der Waals surface area contributed by atoms with Gasteiger partial charge in [0.15, 0.2) is 4.87 Å². The van der Waals surface area contributed by atoms with Crippen molar-refractivity contribution >= 4 is 34.0 Å². The molecule has 146 valence electrons. The van der Waals surface area contributed by atoms with E-state index in [2.05, 4.69) is 11.2 Å². The number of thioether (sulfide) groups is 1. The number of benzene rings is 1. The largest absolute Gasteiger partial charge is 0.320 e. The van der Waals surface area contributed by atoms with E-state index < -0.39 is 22.5 Å². The van der Waals surface area contributed by atoms with Gasteiger partial charge in [-0.1, -0.05) is 11.8 Å². The highest BCUT2D eigenvalue weighted by Crippen LogP contribution is 2.55. The van der Waals surface area contributed by atoms with Crippen molar-refractivity contribution in [3.8, 4) is 0 Å². The molecule has 1 aromatic heterocycles. The minimum atomic E-state index is -0.723. The van der Waals surface area contributed by atoms with Crippen molar-refractivity contribution < 1.29 is 13.6 Å². The van der Waals surface area contributed by atoms with Gasteiger partial charge in [-0.25, -0.2) is 13.8 Å². The van der Waals surface area contributed by atoms with Crippen LogP contribution in [0.3, 0.4) is 0 Å². The number of amides is 1. The van der Waals surface area contributed by atoms with Crippen LogP contribution in [0.1, 0.15) is 41.7 Å². The topological polar surface area (TPSA) is 58.7 Å². The first kappa shape index (κ1) is 18.3. The number of nitrogens with two attached hydrogens (primary N) is 1. The van der Waals surface area contributed by atoms with Crippen molar-refractivity contribution in [2.45, 2.75) is 43.0 Å². The van der Waals surface area contributed by atoms with Crippen molar-refractivity contribution in [2.24, 2.45) is 16.8 Å². The summed E-state index contributed by atoms with van der Waals surface area (Å²) in [6, 6.07) is 4.79. The van der Waals surface area contributed by atoms with Crippen LogP contribution >= 0.6 is 23.1 Å². The van der Waals surface area contributed by atoms with Gasteiger partial charge in [-0.3, -0.25) is 4.79 Å². The molecule has 0 bridgehead atoms. The maximum atomic E-state index is 14.5. The molecule has 2 aliphatic carbocycles. The molecule has 2 N–H and O–H groups in total. The van der Waals surface area contributed by atoms with Crippen molar-refractivity contribution in [3.63, 3.8) is 0 Å². The zero-order valence-electron chi connectivity index (χ0n) is 15.0. The van der Waals surface area contributed by atoms with E-state index in [0.29, 0.717) is 11.5 Å². The number of hydrazone groups is 1. The second-order valence-electron chi connectivity index (χ2n) is 7.56. The maximum Gasteiger partial charge on any atom is 0.261 e. The average Bonchev–Trinajstić information content (AvgIpc) is 3.30. The summed E-state index contributed by atoms with van der Waals surface area (Å²) in [6.45, 7) is 0. The second-order valence-corrected chi connectivity index (χ2v) is 9.74. The predicted octanol–water partition coefficient (Wildman–Crippen LogP) is 4.19. The lowest BCUT2D eigenvalue weighted by atomic mass is 9.93. The number of rotatable bonds is 3. The summed E-state index contributed by atoms with van der Waals surface area (Å²) >= 11 is 2.93. The summed E-state index contributed by atoms with van der Waals surface area (Å²) in [5.41, 5.74) is 7.50. The van der Waals surface area contributed by atoms with Crippen LogP contribution in [0.25, 0.3) is 0 Å². The summed E-state index contributed by atoms with van der Waals surface area (Å²) < 4.78 is 28.2. The maximum absolute atomic E-state index is 14.5. The smallest absolute Gasteiger partial charge is 0.261 e. The van der Waals surface area contributed by atoms with Gasteiger partial charge in [0.05, 0.1) is 6.04 Å². The van der Waals surface area contributed by atoms with E-state index in [1.54, 1.807) is 11.3 Å². The highest BCUT2D eigenvalue weighted by molar-refractivity contribution is 8.15. The number of carbonyl (C=O) groups excluding carboxylic acids is 1. The average molecular weight is 420 g/mol. The molecule has 1 unspecified atom stereocenters. The third kappa shape index (κ3) is 2.81. The molecule has 1 aliphatic heterocycles. The Hall–Kier alpha value is -1.77. The normalized spacial score (nSPS) is 25.0. The Bertz CT molecular complexity index is 988. The Morgan fingerprint density at radius 2 is 2.14 bits per heavy atom. The number of carbonyl (C=O) groups is 1. The van der Waals surface area contributed by atoms with Gasteiger partial charge in [0.25, 0.3) is 5.91 Å². The lowest BCUT2D eigenvalue weighted by molar-refractivity contribution is -0.136. The summed E-state index contributed by atoms with van der Waals surface area (Å²) in [6.07, 6.45) is 4.44. The number of thiophene rings is 1. The standard InChI is InChI=1S/C20H19F2N3OS2/c21-13-5-6-15(22)14(10-13)18-24-25(19(26)16(23)11-3-4-11)20(28-18)8-1-2-12-7-9-27-17(12)20/h5-7,9-11,16H,1-4,8,23H2/t16-,20?/m0/s1. The van der Waals surface area contributed by atoms with Crippen molar-refractivity contribution in [2.75, 3.05) is 0 Å². The molecule has 28 heavy (non-hydrogen) atoms. The fourth-order valence-electron chi connectivity index (χ4n) is 4.00. The number of hydrogen-bond donors (Lipinski definition) is 1. The summed E-state index contributed by atoms with van der Waals surface area (Å²) in [5, 5.41) is 8.36. The zero-order chi connectivity index (χ0) is 19.5. The van der Waals surface area contributed by atoms with Gasteiger partial charge in [-0.2, -0.15) is 5.10 Å². The quantitative estimate of drug-likeness (QED) is 0.812. The lowest BCUT2D eigenvalue weighted by Gasteiger charge is -2.39. The van der Waals surface area contributed by atoms with Crippen molar-refractivity contribution in [3.05, 3.63) is 57.3 Å². The molecule has 0 saturated heterocycles. The van der Waals surface area contributed by atoms with Gasteiger partial charge < -0.3 is 5.73 Å². The van der Waals surface area contributed by atoms with Gasteiger partial charge in [0.1, 0.15) is 16.7 Å². The Kier molecular flexibility index (Phi) is 4.33. The number of nitrogens with zero attached hydrogens (tertiary/aromatic N) is 2. The first-order valence-electron chi connectivity index (χ1n) is 9.39. The minimum Gasteiger partial charge on any atom is -0.320 e. The zero-order valence-corrected chi connectivity index (χ0v) is 16.7. The van der Waals surface area contributed by atoms with Crippen molar-refractivity contribution in [1.29, 1.82) is 0 Å². The van der Waals surface area contributed by atoms with Crippen LogP contribution in [-0.4, -0.2) is 22.0 Å². The van der Waals surface area contributed by atoms with Crippen LogP contribution in [0.4, 0.5) is 8.78 Å². The first-order chi connectivity index (χ1) is 13.5. The Morgan fingerprint density at radius 1 is 1.32 bits per heavy atom. The number of halogens is 2. The van der Waals surface area contributed by atoms with Crippen LogP contribution in [0.5, 0.6) is 0 Å². The van der Waals surface area contributed by atoms with E-state index in [1.165, 1.54) is 22.3 Å². The van der Waals surface area contributed by atoms with Gasteiger partial charge in [0, 0.05) is 10.4 Å². The molecule has 8 heteroatoms. The van der Waals surface area contributed by atoms with Gasteiger partial charge in [-0.15, -0.1) is 11.3 Å². The molecule has 5 rings (SSSR count). The van der Waals surface area contributed by atoms with Crippen molar-refractivity contribution in [1.82, 2.24) is 5.01 Å². The molecule has 1 aromatic carbocycles. The van der Waals surface area contributed by atoms with Crippen LogP contribution in [0, 0.1) is 17.6 Å². The molecule has 2 heterocycles. The van der Waals surface area contributed by atoms with Crippen LogP contribution < -0.4 is 5.73 Å². The molecule has 4 nitrogen and oxygen atoms in total. The molecular weight excluding hydrogens is 400 g/mol. The summed E-state index contributed by atoms with van der Waals surface area (Å²) in [7, 11) is 0. The van der Waals surface area contributed by atoms with Gasteiger partial charge in [0.2, 0.25) is 0 Å². The highest BCUT2D eigenvalue weighted by atomic mass is 32.2. The molecule has 1 saturated carbocycles. The van der Waals surface area contributed by atoms with E-state index in [9.17, 15) is 13.6 Å². The van der Waals surface area contributed by atoms with Crippen LogP contribution in [-0.2, 0) is 16.1 Å². The molecule has 1 amide bonds. The highest BCUT2D eigenvalue weighted by Gasteiger charge is 2.53. The van der Waals surface area contributed by atoms with E-state index in [4.69, 9.17) is 5.73 Å². The predicted molar refractivity (Wildman–Crippen MR) is 107 cm³/mol. The molecule has 1 spiro atoms. The van der Waals surface area contributed by atoms with Crippen LogP contribution in [0.2, 0.25) is 0 Å². The minimum absolute atomic E-state index is 0.0864. The summed E-state index contributed by atoms with van der Waals surface area (Å²) in [5.74, 6) is -1.13. The molecule has 3 aliphatic rings. The van der Waals surface area contributed by atoms with E-state index >= 15 is 0 Å². The second kappa shape index (κ2) is 6.64. The Balaban J connectivity index is 1.62. The Labute approximate surface area is 169 Å². The molecule has 1 fully saturated rings. The monoisotopic (exact) mass is 419 g/mol. The third-order valence-corrected chi connectivity index (χ3v) is 8.30. The summed E-state index contributed by atoms with van der Waals surface area (Å²) in [4.78, 5) is 13.6. The van der Waals surface area contributed by atoms with Gasteiger partial charge in [-0.05, 0) is 73.2 Å². The fraction of sp³-hybridized carbons (Fsp3) is 0.400. The molecular formula is C20H19F2N3OS2. The van der Waals surface area contributed by atoms with E-state index in [0.717, 1.165) is 48.8 Å². The third-order valence-electron chi connectivity index (χ3n) is 5.64. The SMILES string of the molecule is N[C@H](C(=O)N1N=C(c2cc(F)ccc2F)SC12CCCc1ccsc12)C1CC1. The number of hydrogen-bond acceptors (Lipinski definition) is 5. The lowest BCUT2D eigenvalue weighted by Crippen LogP contribution is -2.50. The number of fused-ring (bicyclic) bond motifs is 2. The Morgan fingerprint density at radius 3 is 2.93 bits per heavy atom. The molecule has 2 atom stereocenters. The fourth-order valence-corrected chi connectivity index (χ4v) is 6.73. The van der Waals surface area contributed by atoms with Gasteiger partial charge >= 0.3 is 0 Å². The van der Waals surface area contributed by atoms with E-state index in [1.807, 2.05) is 5.38 Å². The molecule has 2 aromatic rings. The first-order valence-corrected chi connectivity index (χ1v) is 11.1. The van der Waals surface area contributed by atoms with E-state index in [-0.39, 0.29) is 17.4 Å². The van der Waals surface area contributed by atoms with Crippen LogP contribution in [0.15, 0.2) is 34.7 Å².